The van der Waals surface area contributed by atoms with Gasteiger partial charge in [0.1, 0.15) is 0 Å². The van der Waals surface area contributed by atoms with Gasteiger partial charge in [0.15, 0.2) is 0 Å². The van der Waals surface area contributed by atoms with E-state index in [2.05, 4.69) is 170 Å². The molecular weight excluding hydrogens is 530 g/mol. The number of hydrogen-bond acceptors (Lipinski definition) is 1. The Morgan fingerprint density at radius 1 is 0.409 bits per heavy atom. The van der Waals surface area contributed by atoms with E-state index in [1.54, 1.807) is 0 Å². The Hall–Kier alpha value is -5.40. The van der Waals surface area contributed by atoms with E-state index in [1.165, 1.54) is 71.0 Å². The van der Waals surface area contributed by atoms with E-state index in [1.807, 2.05) is 0 Å². The summed E-state index contributed by atoms with van der Waals surface area (Å²) in [6, 6.07) is 55.5. The molecular formula is C43H31N. The molecule has 0 saturated carbocycles. The normalized spacial score (nSPS) is 13.4. The Kier molecular flexibility index (Phi) is 5.31. The number of fused-ring (bicyclic) bond motifs is 13. The number of anilines is 3. The molecule has 0 saturated heterocycles. The van der Waals surface area contributed by atoms with Crippen LogP contribution in [0.4, 0.5) is 17.1 Å². The smallest absolute Gasteiger partial charge is 0.0465 e. The zero-order chi connectivity index (χ0) is 29.4. The van der Waals surface area contributed by atoms with E-state index in [9.17, 15) is 0 Å². The first-order valence-electron chi connectivity index (χ1n) is 15.5. The minimum atomic E-state index is -0.215. The molecule has 0 amide bonds. The zero-order valence-corrected chi connectivity index (χ0v) is 24.9. The van der Waals surface area contributed by atoms with Crippen molar-refractivity contribution in [3.05, 3.63) is 163 Å². The van der Waals surface area contributed by atoms with Crippen molar-refractivity contribution in [3.8, 4) is 11.1 Å². The summed E-state index contributed by atoms with van der Waals surface area (Å²) in [6.45, 7) is 4.85. The van der Waals surface area contributed by atoms with Crippen molar-refractivity contribution in [1.29, 1.82) is 0 Å². The number of rotatable bonds is 3. The van der Waals surface area contributed by atoms with Gasteiger partial charge in [-0.25, -0.2) is 0 Å². The summed E-state index contributed by atoms with van der Waals surface area (Å²) >= 11 is 0. The topological polar surface area (TPSA) is 3.24 Å². The molecule has 9 rings (SSSR count). The van der Waals surface area contributed by atoms with Gasteiger partial charge in [-0.1, -0.05) is 129 Å². The molecule has 1 aliphatic carbocycles. The Balaban J connectivity index is 1.40. The third-order valence-electron chi connectivity index (χ3n) is 9.76. The Bertz CT molecular complexity index is 2360. The maximum absolute atomic E-state index is 2.44. The van der Waals surface area contributed by atoms with Crippen LogP contribution < -0.4 is 4.90 Å². The van der Waals surface area contributed by atoms with E-state index in [4.69, 9.17) is 0 Å². The van der Waals surface area contributed by atoms with Crippen LogP contribution in [-0.2, 0) is 5.41 Å². The van der Waals surface area contributed by atoms with Gasteiger partial charge in [0.05, 0.1) is 0 Å². The van der Waals surface area contributed by atoms with Gasteiger partial charge in [-0.2, -0.15) is 0 Å². The summed E-state index contributed by atoms with van der Waals surface area (Å²) in [7, 11) is 0. The van der Waals surface area contributed by atoms with E-state index in [0.29, 0.717) is 0 Å². The van der Waals surface area contributed by atoms with Crippen LogP contribution in [0.25, 0.3) is 54.2 Å². The van der Waals surface area contributed by atoms with Crippen LogP contribution in [0.2, 0.25) is 0 Å². The van der Waals surface area contributed by atoms with E-state index >= 15 is 0 Å². The molecule has 0 atom stereocenters. The molecule has 8 aromatic rings. The fourth-order valence-electron chi connectivity index (χ4n) is 7.91. The molecule has 0 spiro atoms. The lowest BCUT2D eigenvalue weighted by molar-refractivity contribution is 0.667. The third kappa shape index (κ3) is 3.41. The highest BCUT2D eigenvalue weighted by Gasteiger charge is 2.39. The van der Waals surface area contributed by atoms with Gasteiger partial charge < -0.3 is 4.90 Å². The highest BCUT2D eigenvalue weighted by atomic mass is 15.1. The molecule has 0 aromatic heterocycles. The SMILES string of the molecule is CC1(C)c2cc(N(c3ccccc3)c3ccccc3)ccc2-c2c1c1c3ccccc3c3ccccc3c1c1ccccc21. The molecule has 1 heteroatoms. The zero-order valence-electron chi connectivity index (χ0n) is 24.9. The minimum Gasteiger partial charge on any atom is -0.310 e. The second kappa shape index (κ2) is 9.30. The van der Waals surface area contributed by atoms with Crippen molar-refractivity contribution >= 4 is 60.2 Å². The fourth-order valence-corrected chi connectivity index (χ4v) is 7.91. The van der Waals surface area contributed by atoms with Crippen LogP contribution in [-0.4, -0.2) is 0 Å². The molecule has 1 nitrogen and oxygen atoms in total. The van der Waals surface area contributed by atoms with E-state index < -0.39 is 0 Å². The van der Waals surface area contributed by atoms with Crippen molar-refractivity contribution in [3.63, 3.8) is 0 Å². The highest BCUT2D eigenvalue weighted by molar-refractivity contribution is 6.35. The largest absolute Gasteiger partial charge is 0.310 e. The molecule has 1 aliphatic rings. The molecule has 0 heterocycles. The lowest BCUT2D eigenvalue weighted by atomic mass is 9.77. The maximum atomic E-state index is 2.44. The molecule has 0 aliphatic heterocycles. The van der Waals surface area contributed by atoms with E-state index in [-0.39, 0.29) is 5.41 Å². The number of hydrogen-bond donors (Lipinski definition) is 0. The first kappa shape index (κ1) is 25.1. The summed E-state index contributed by atoms with van der Waals surface area (Å²) in [4.78, 5) is 2.37. The van der Waals surface area contributed by atoms with Gasteiger partial charge in [-0.05, 0) is 102 Å². The Morgan fingerprint density at radius 3 is 1.43 bits per heavy atom. The van der Waals surface area contributed by atoms with Crippen molar-refractivity contribution in [1.82, 2.24) is 0 Å². The van der Waals surface area contributed by atoms with Gasteiger partial charge >= 0.3 is 0 Å². The molecule has 0 N–H and O–H groups in total. The summed E-state index contributed by atoms with van der Waals surface area (Å²) in [5, 5.41) is 10.7. The van der Waals surface area contributed by atoms with Crippen LogP contribution in [0, 0.1) is 0 Å². The van der Waals surface area contributed by atoms with Crippen LogP contribution >= 0.6 is 0 Å². The van der Waals surface area contributed by atoms with Crippen LogP contribution in [0.3, 0.4) is 0 Å². The lowest BCUT2D eigenvalue weighted by Gasteiger charge is -2.28. The molecule has 0 radical (unpaired) electrons. The monoisotopic (exact) mass is 561 g/mol. The second-order valence-corrected chi connectivity index (χ2v) is 12.5. The van der Waals surface area contributed by atoms with Crippen molar-refractivity contribution in [2.75, 3.05) is 4.90 Å². The predicted octanol–water partition coefficient (Wildman–Crippen LogP) is 12.1. The molecule has 208 valence electrons. The first-order chi connectivity index (χ1) is 21.6. The average Bonchev–Trinajstić information content (AvgIpc) is 3.32. The van der Waals surface area contributed by atoms with Crippen molar-refractivity contribution in [2.24, 2.45) is 0 Å². The van der Waals surface area contributed by atoms with Gasteiger partial charge in [0.25, 0.3) is 0 Å². The Labute approximate surface area is 257 Å². The standard InChI is InChI=1S/C43H31N/c1-43(2)38-27-30(44(28-15-5-3-6-16-28)29-17-7-4-8-18-29)25-26-37(38)40-36-24-14-13-23-35(36)39-33-21-11-9-19-31(33)32-20-10-12-22-34(32)41(39)42(40)43/h3-27H,1-2H3. The molecule has 0 unspecified atom stereocenters. The minimum absolute atomic E-state index is 0.215. The quantitative estimate of drug-likeness (QED) is 0.194. The van der Waals surface area contributed by atoms with Crippen molar-refractivity contribution < 1.29 is 0 Å². The van der Waals surface area contributed by atoms with Crippen LogP contribution in [0.5, 0.6) is 0 Å². The molecule has 8 aromatic carbocycles. The highest BCUT2D eigenvalue weighted by Crippen LogP contribution is 2.57. The predicted molar refractivity (Wildman–Crippen MR) is 189 cm³/mol. The summed E-state index contributed by atoms with van der Waals surface area (Å²) in [5.41, 5.74) is 8.79. The lowest BCUT2D eigenvalue weighted by Crippen LogP contribution is -2.17. The first-order valence-corrected chi connectivity index (χ1v) is 15.5. The average molecular weight is 562 g/mol. The summed E-state index contributed by atoms with van der Waals surface area (Å²) in [6.07, 6.45) is 0. The summed E-state index contributed by atoms with van der Waals surface area (Å²) in [5.74, 6) is 0. The van der Waals surface area contributed by atoms with Crippen LogP contribution in [0.15, 0.2) is 152 Å². The van der Waals surface area contributed by atoms with Gasteiger partial charge in [-0.15, -0.1) is 0 Å². The number of nitrogens with zero attached hydrogens (tertiary/aromatic N) is 1. The Morgan fingerprint density at radius 2 is 0.864 bits per heavy atom. The van der Waals surface area contributed by atoms with Gasteiger partial charge in [-0.3, -0.25) is 0 Å². The molecule has 0 fully saturated rings. The molecule has 0 bridgehead atoms. The van der Waals surface area contributed by atoms with Gasteiger partial charge in [0, 0.05) is 22.5 Å². The third-order valence-corrected chi connectivity index (χ3v) is 9.76. The molecule has 44 heavy (non-hydrogen) atoms. The maximum Gasteiger partial charge on any atom is 0.0465 e. The van der Waals surface area contributed by atoms with Crippen molar-refractivity contribution in [2.45, 2.75) is 19.3 Å². The summed E-state index contributed by atoms with van der Waals surface area (Å²) < 4.78 is 0. The number of para-hydroxylation sites is 2. The van der Waals surface area contributed by atoms with Crippen LogP contribution in [0.1, 0.15) is 25.0 Å². The van der Waals surface area contributed by atoms with Gasteiger partial charge in [0.2, 0.25) is 0 Å². The van der Waals surface area contributed by atoms with E-state index in [0.717, 1.165) is 11.4 Å². The number of benzene rings is 8. The fraction of sp³-hybridized carbons (Fsp3) is 0.0698. The second-order valence-electron chi connectivity index (χ2n) is 12.5.